The van der Waals surface area contributed by atoms with E-state index in [-0.39, 0.29) is 11.0 Å². The molecule has 0 heterocycles. The van der Waals surface area contributed by atoms with Gasteiger partial charge in [-0.05, 0) is 29.8 Å². The van der Waals surface area contributed by atoms with E-state index in [0.717, 1.165) is 5.56 Å². The lowest BCUT2D eigenvalue weighted by atomic mass is 10.1. The van der Waals surface area contributed by atoms with Crippen molar-refractivity contribution in [2.45, 2.75) is 45.3 Å². The van der Waals surface area contributed by atoms with Crippen molar-refractivity contribution in [1.29, 1.82) is 0 Å². The summed E-state index contributed by atoms with van der Waals surface area (Å²) in [5, 5.41) is 0.168. The van der Waals surface area contributed by atoms with Gasteiger partial charge in [0.1, 0.15) is 0 Å². The van der Waals surface area contributed by atoms with Gasteiger partial charge in [0.25, 0.3) is 0 Å². The largest absolute Gasteiger partial charge is 0.466 e. The summed E-state index contributed by atoms with van der Waals surface area (Å²) in [6.45, 7) is 11.6. The topological polar surface area (TPSA) is 35.5 Å². The highest BCUT2D eigenvalue weighted by Gasteiger charge is 2.37. The van der Waals surface area contributed by atoms with Crippen LogP contribution in [0.25, 0.3) is 6.08 Å². The third-order valence-corrected chi connectivity index (χ3v) is 8.77. The SMILES string of the molecule is COC(=O)/C(=C/c1ccccc1)CCO[Si](C)(C)C(C)(C)C. The molecule has 4 heteroatoms. The number of carbonyl (C=O) groups excluding carboxylic acids is 1. The molecule has 0 saturated carbocycles. The standard InChI is InChI=1S/C18H28O3Si/c1-18(2,3)22(5,6)21-13-12-16(17(19)20-4)14-15-10-8-7-9-11-15/h7-11,14H,12-13H2,1-6H3/b16-14+. The summed E-state index contributed by atoms with van der Waals surface area (Å²) in [5.41, 5.74) is 1.64. The number of ether oxygens (including phenoxy) is 1. The second kappa shape index (κ2) is 7.74. The predicted octanol–water partition coefficient (Wildman–Crippen LogP) is 4.65. The molecule has 0 atom stereocenters. The first kappa shape index (κ1) is 18.7. The van der Waals surface area contributed by atoms with E-state index in [1.165, 1.54) is 7.11 Å². The summed E-state index contributed by atoms with van der Waals surface area (Å²) in [6.07, 6.45) is 2.44. The molecule has 0 N–H and O–H groups in total. The number of rotatable bonds is 6. The Balaban J connectivity index is 2.76. The van der Waals surface area contributed by atoms with Crippen molar-refractivity contribution in [2.75, 3.05) is 13.7 Å². The van der Waals surface area contributed by atoms with Crippen molar-refractivity contribution in [3.63, 3.8) is 0 Å². The van der Waals surface area contributed by atoms with Crippen molar-refractivity contribution >= 4 is 20.4 Å². The Morgan fingerprint density at radius 1 is 1.18 bits per heavy atom. The fraction of sp³-hybridized carbons (Fsp3) is 0.500. The van der Waals surface area contributed by atoms with Crippen LogP contribution >= 0.6 is 0 Å². The second-order valence-electron chi connectivity index (χ2n) is 6.93. The van der Waals surface area contributed by atoms with Gasteiger partial charge in [-0.3, -0.25) is 0 Å². The Hall–Kier alpha value is -1.39. The van der Waals surface area contributed by atoms with E-state index in [1.807, 2.05) is 36.4 Å². The smallest absolute Gasteiger partial charge is 0.333 e. The van der Waals surface area contributed by atoms with Gasteiger partial charge < -0.3 is 9.16 Å². The van der Waals surface area contributed by atoms with Crippen LogP contribution < -0.4 is 0 Å². The van der Waals surface area contributed by atoms with Gasteiger partial charge >= 0.3 is 5.97 Å². The molecule has 0 aromatic heterocycles. The molecule has 1 rings (SSSR count). The zero-order valence-corrected chi connectivity index (χ0v) is 15.6. The zero-order chi connectivity index (χ0) is 16.8. The molecule has 0 aliphatic heterocycles. The highest BCUT2D eigenvalue weighted by Crippen LogP contribution is 2.36. The van der Waals surface area contributed by atoms with E-state index < -0.39 is 8.32 Å². The first-order chi connectivity index (χ1) is 10.2. The highest BCUT2D eigenvalue weighted by molar-refractivity contribution is 6.74. The van der Waals surface area contributed by atoms with Crippen molar-refractivity contribution in [2.24, 2.45) is 0 Å². The molecule has 0 radical (unpaired) electrons. The molecule has 0 aliphatic carbocycles. The fourth-order valence-electron chi connectivity index (χ4n) is 1.75. The van der Waals surface area contributed by atoms with Crippen molar-refractivity contribution in [3.05, 3.63) is 41.5 Å². The van der Waals surface area contributed by atoms with Gasteiger partial charge in [0.2, 0.25) is 0 Å². The molecule has 0 saturated heterocycles. The highest BCUT2D eigenvalue weighted by atomic mass is 28.4. The zero-order valence-electron chi connectivity index (χ0n) is 14.6. The summed E-state index contributed by atoms with van der Waals surface area (Å²) >= 11 is 0. The molecule has 0 amide bonds. The molecule has 1 aromatic carbocycles. The van der Waals surface area contributed by atoms with Gasteiger partial charge in [-0.1, -0.05) is 51.1 Å². The lowest BCUT2D eigenvalue weighted by Gasteiger charge is -2.36. The normalized spacial score (nSPS) is 13.1. The van der Waals surface area contributed by atoms with Gasteiger partial charge in [-0.2, -0.15) is 0 Å². The van der Waals surface area contributed by atoms with Crippen molar-refractivity contribution in [1.82, 2.24) is 0 Å². The minimum Gasteiger partial charge on any atom is -0.466 e. The van der Waals surface area contributed by atoms with Gasteiger partial charge in [0.15, 0.2) is 8.32 Å². The third kappa shape index (κ3) is 5.43. The first-order valence-corrected chi connectivity index (χ1v) is 10.6. The Morgan fingerprint density at radius 3 is 2.27 bits per heavy atom. The van der Waals surface area contributed by atoms with E-state index in [0.29, 0.717) is 18.6 Å². The van der Waals surface area contributed by atoms with Crippen molar-refractivity contribution < 1.29 is 14.0 Å². The van der Waals surface area contributed by atoms with Crippen LogP contribution in [0.3, 0.4) is 0 Å². The number of esters is 1. The molecule has 22 heavy (non-hydrogen) atoms. The Morgan fingerprint density at radius 2 is 1.77 bits per heavy atom. The van der Waals surface area contributed by atoms with E-state index in [1.54, 1.807) is 0 Å². The van der Waals surface area contributed by atoms with E-state index in [9.17, 15) is 4.79 Å². The number of methoxy groups -OCH3 is 1. The number of hydrogen-bond donors (Lipinski definition) is 0. The molecule has 3 nitrogen and oxygen atoms in total. The molecule has 0 fully saturated rings. The Bertz CT molecular complexity index is 513. The Labute approximate surface area is 135 Å². The van der Waals surface area contributed by atoms with Crippen LogP contribution in [0.5, 0.6) is 0 Å². The first-order valence-electron chi connectivity index (χ1n) is 7.65. The summed E-state index contributed by atoms with van der Waals surface area (Å²) in [5.74, 6) is -0.289. The maximum atomic E-state index is 11.9. The van der Waals surface area contributed by atoms with Crippen LogP contribution in [0.2, 0.25) is 18.1 Å². The van der Waals surface area contributed by atoms with Gasteiger partial charge in [-0.15, -0.1) is 0 Å². The number of hydrogen-bond acceptors (Lipinski definition) is 3. The minimum absolute atomic E-state index is 0.168. The molecule has 0 aliphatic rings. The van der Waals surface area contributed by atoms with Gasteiger partial charge in [-0.25, -0.2) is 4.79 Å². The van der Waals surface area contributed by atoms with Crippen LogP contribution in [-0.4, -0.2) is 28.0 Å². The average Bonchev–Trinajstić information content (AvgIpc) is 2.45. The monoisotopic (exact) mass is 320 g/mol. The fourth-order valence-corrected chi connectivity index (χ4v) is 2.79. The van der Waals surface area contributed by atoms with Crippen LogP contribution in [0.1, 0.15) is 32.8 Å². The van der Waals surface area contributed by atoms with Crippen LogP contribution in [0.15, 0.2) is 35.9 Å². The van der Waals surface area contributed by atoms with Crippen LogP contribution in [0.4, 0.5) is 0 Å². The van der Waals surface area contributed by atoms with Gasteiger partial charge in [0.05, 0.1) is 7.11 Å². The van der Waals surface area contributed by atoms with Crippen molar-refractivity contribution in [3.8, 4) is 0 Å². The van der Waals surface area contributed by atoms with Gasteiger partial charge in [0, 0.05) is 18.6 Å². The van der Waals surface area contributed by atoms with E-state index in [2.05, 4.69) is 33.9 Å². The maximum absolute atomic E-state index is 11.9. The maximum Gasteiger partial charge on any atom is 0.333 e. The quantitative estimate of drug-likeness (QED) is 0.434. The van der Waals surface area contributed by atoms with E-state index >= 15 is 0 Å². The molecule has 0 spiro atoms. The molecule has 0 bridgehead atoms. The lowest BCUT2D eigenvalue weighted by molar-refractivity contribution is -0.136. The Kier molecular flexibility index (Phi) is 6.57. The minimum atomic E-state index is -1.79. The van der Waals surface area contributed by atoms with Crippen LogP contribution in [0, 0.1) is 0 Å². The molecule has 0 unspecified atom stereocenters. The van der Waals surface area contributed by atoms with Crippen LogP contribution in [-0.2, 0) is 14.0 Å². The molecular formula is C18H28O3Si. The second-order valence-corrected chi connectivity index (χ2v) is 11.7. The average molecular weight is 321 g/mol. The molecule has 122 valence electrons. The summed E-state index contributed by atoms with van der Waals surface area (Å²) in [7, 11) is -0.376. The molecular weight excluding hydrogens is 292 g/mol. The summed E-state index contributed by atoms with van der Waals surface area (Å²) in [4.78, 5) is 11.9. The predicted molar refractivity (Wildman–Crippen MR) is 94.2 cm³/mol. The molecule has 1 aromatic rings. The summed E-state index contributed by atoms with van der Waals surface area (Å²) < 4.78 is 11.0. The summed E-state index contributed by atoms with van der Waals surface area (Å²) in [6, 6.07) is 9.80. The third-order valence-electron chi connectivity index (χ3n) is 4.23. The number of carbonyl (C=O) groups is 1. The van der Waals surface area contributed by atoms with E-state index in [4.69, 9.17) is 9.16 Å². The lowest BCUT2D eigenvalue weighted by Crippen LogP contribution is -2.41. The number of benzene rings is 1.